The van der Waals surface area contributed by atoms with Crippen LogP contribution in [0.4, 0.5) is 5.69 Å². The largest absolute Gasteiger partial charge is 0.398 e. The smallest absolute Gasteiger partial charge is 0.104 e. The van der Waals surface area contributed by atoms with Crippen molar-refractivity contribution >= 4 is 5.69 Å². The van der Waals surface area contributed by atoms with E-state index in [4.69, 9.17) is 5.73 Å². The second-order valence-corrected chi connectivity index (χ2v) is 3.39. The van der Waals surface area contributed by atoms with E-state index in [1.54, 1.807) is 12.1 Å². The summed E-state index contributed by atoms with van der Waals surface area (Å²) < 4.78 is 0. The highest BCUT2D eigenvalue weighted by Gasteiger charge is 2.08. The number of aliphatic hydroxyl groups is 1. The highest BCUT2D eigenvalue weighted by molar-refractivity contribution is 5.40. The van der Waals surface area contributed by atoms with Gasteiger partial charge in [-0.1, -0.05) is 36.4 Å². The topological polar surface area (TPSA) is 46.2 Å². The predicted molar refractivity (Wildman–Crippen MR) is 60.2 cm³/mol. The molecule has 1 radical (unpaired) electrons. The van der Waals surface area contributed by atoms with E-state index >= 15 is 0 Å². The molecule has 2 heteroatoms. The molecular formula is C13H12NO. The Morgan fingerprint density at radius 2 is 1.73 bits per heavy atom. The van der Waals surface area contributed by atoms with E-state index < -0.39 is 6.10 Å². The molecule has 0 saturated carbocycles. The van der Waals surface area contributed by atoms with Crippen LogP contribution in [0.25, 0.3) is 0 Å². The average Bonchev–Trinajstić information content (AvgIpc) is 2.30. The Morgan fingerprint density at radius 1 is 1.00 bits per heavy atom. The van der Waals surface area contributed by atoms with E-state index in [0.29, 0.717) is 5.69 Å². The van der Waals surface area contributed by atoms with Crippen LogP contribution in [0.15, 0.2) is 48.5 Å². The van der Waals surface area contributed by atoms with Crippen LogP contribution in [-0.2, 0) is 0 Å². The number of nitrogens with two attached hydrogens (primary N) is 1. The van der Waals surface area contributed by atoms with Gasteiger partial charge in [0, 0.05) is 11.8 Å². The van der Waals surface area contributed by atoms with Crippen molar-refractivity contribution in [2.45, 2.75) is 6.10 Å². The van der Waals surface area contributed by atoms with Gasteiger partial charge >= 0.3 is 0 Å². The Kier molecular flexibility index (Phi) is 2.70. The van der Waals surface area contributed by atoms with E-state index in [1.807, 2.05) is 36.4 Å². The lowest BCUT2D eigenvalue weighted by atomic mass is 10.0. The number of benzene rings is 2. The molecule has 0 aromatic heterocycles. The van der Waals surface area contributed by atoms with Crippen LogP contribution in [0.1, 0.15) is 17.2 Å². The first-order valence-electron chi connectivity index (χ1n) is 4.77. The molecule has 75 valence electrons. The van der Waals surface area contributed by atoms with E-state index in [9.17, 15) is 5.11 Å². The summed E-state index contributed by atoms with van der Waals surface area (Å²) in [4.78, 5) is 0. The van der Waals surface area contributed by atoms with Crippen molar-refractivity contribution in [2.24, 2.45) is 0 Å². The summed E-state index contributed by atoms with van der Waals surface area (Å²) in [6, 6.07) is 17.6. The molecule has 0 saturated heterocycles. The van der Waals surface area contributed by atoms with Crippen LogP contribution in [0.5, 0.6) is 0 Å². The van der Waals surface area contributed by atoms with Gasteiger partial charge in [0.05, 0.1) is 0 Å². The minimum absolute atomic E-state index is 0.582. The molecule has 0 aliphatic carbocycles. The van der Waals surface area contributed by atoms with Gasteiger partial charge in [-0.3, -0.25) is 0 Å². The number of aliphatic hydroxyl groups excluding tert-OH is 1. The van der Waals surface area contributed by atoms with Crippen molar-refractivity contribution in [1.29, 1.82) is 0 Å². The molecule has 1 unspecified atom stereocenters. The summed E-state index contributed by atoms with van der Waals surface area (Å²) in [5, 5.41) is 10.0. The van der Waals surface area contributed by atoms with Gasteiger partial charge in [0.15, 0.2) is 0 Å². The van der Waals surface area contributed by atoms with Crippen LogP contribution in [0.2, 0.25) is 0 Å². The van der Waals surface area contributed by atoms with Crippen LogP contribution >= 0.6 is 0 Å². The van der Waals surface area contributed by atoms with Crippen LogP contribution in [0.3, 0.4) is 0 Å². The average molecular weight is 198 g/mol. The second-order valence-electron chi connectivity index (χ2n) is 3.39. The monoisotopic (exact) mass is 198 g/mol. The third-order valence-corrected chi connectivity index (χ3v) is 2.29. The molecule has 0 amide bonds. The Hall–Kier alpha value is -1.80. The van der Waals surface area contributed by atoms with Crippen molar-refractivity contribution in [3.05, 3.63) is 65.7 Å². The molecule has 3 N–H and O–H groups in total. The first kappa shape index (κ1) is 9.74. The molecule has 2 aromatic carbocycles. The third-order valence-electron chi connectivity index (χ3n) is 2.29. The molecular weight excluding hydrogens is 186 g/mol. The Labute approximate surface area is 89.0 Å². The van der Waals surface area contributed by atoms with Crippen LogP contribution in [0, 0.1) is 6.07 Å². The molecule has 0 aliphatic rings. The zero-order chi connectivity index (χ0) is 10.7. The SMILES string of the molecule is Nc1[c]cc(C(O)c2ccccc2)cc1. The molecule has 1 atom stereocenters. The van der Waals surface area contributed by atoms with E-state index in [2.05, 4.69) is 6.07 Å². The normalized spacial score (nSPS) is 12.3. The fourth-order valence-corrected chi connectivity index (χ4v) is 1.45. The number of rotatable bonds is 2. The summed E-state index contributed by atoms with van der Waals surface area (Å²) in [5.41, 5.74) is 7.78. The fourth-order valence-electron chi connectivity index (χ4n) is 1.45. The van der Waals surface area contributed by atoms with Crippen LogP contribution in [-0.4, -0.2) is 5.11 Å². The third kappa shape index (κ3) is 2.17. The minimum Gasteiger partial charge on any atom is -0.398 e. The Balaban J connectivity index is 2.29. The van der Waals surface area contributed by atoms with Crippen LogP contribution < -0.4 is 5.73 Å². The number of hydrogen-bond acceptors (Lipinski definition) is 2. The summed E-state index contributed by atoms with van der Waals surface area (Å²) in [6.45, 7) is 0. The summed E-state index contributed by atoms with van der Waals surface area (Å²) >= 11 is 0. The molecule has 0 bridgehead atoms. The van der Waals surface area contributed by atoms with Gasteiger partial charge in [0.1, 0.15) is 6.10 Å². The molecule has 0 heterocycles. The van der Waals surface area contributed by atoms with Crippen molar-refractivity contribution in [2.75, 3.05) is 5.73 Å². The Morgan fingerprint density at radius 3 is 2.33 bits per heavy atom. The standard InChI is InChI=1S/C13H12NO/c14-12-8-6-11(7-9-12)13(15)10-4-2-1-3-5-10/h1-8,13,15H,14H2. The maximum Gasteiger partial charge on any atom is 0.104 e. The minimum atomic E-state index is -0.608. The van der Waals surface area contributed by atoms with Gasteiger partial charge < -0.3 is 10.8 Å². The zero-order valence-corrected chi connectivity index (χ0v) is 8.22. The second kappa shape index (κ2) is 4.15. The molecule has 2 rings (SSSR count). The summed E-state index contributed by atoms with van der Waals surface area (Å²) in [5.74, 6) is 0. The lowest BCUT2D eigenvalue weighted by molar-refractivity contribution is 0.220. The Bertz CT molecular complexity index is 422. The fraction of sp³-hybridized carbons (Fsp3) is 0.0769. The molecule has 15 heavy (non-hydrogen) atoms. The van der Waals surface area contributed by atoms with Gasteiger partial charge in [0.25, 0.3) is 0 Å². The zero-order valence-electron chi connectivity index (χ0n) is 8.22. The predicted octanol–water partition coefficient (Wildman–Crippen LogP) is 2.15. The summed E-state index contributed by atoms with van der Waals surface area (Å²) in [6.07, 6.45) is -0.608. The molecule has 2 nitrogen and oxygen atoms in total. The molecule has 0 fully saturated rings. The van der Waals surface area contributed by atoms with Crippen molar-refractivity contribution < 1.29 is 5.11 Å². The highest BCUT2D eigenvalue weighted by Crippen LogP contribution is 2.21. The maximum atomic E-state index is 10.0. The van der Waals surface area contributed by atoms with Gasteiger partial charge in [-0.15, -0.1) is 0 Å². The first-order valence-corrected chi connectivity index (χ1v) is 4.77. The molecule has 0 aliphatic heterocycles. The lowest BCUT2D eigenvalue weighted by Crippen LogP contribution is -1.99. The summed E-state index contributed by atoms with van der Waals surface area (Å²) in [7, 11) is 0. The van der Waals surface area contributed by atoms with Gasteiger partial charge in [-0.05, 0) is 23.3 Å². The lowest BCUT2D eigenvalue weighted by Gasteiger charge is -2.10. The number of nitrogen functional groups attached to an aromatic ring is 1. The molecule has 2 aromatic rings. The van der Waals surface area contributed by atoms with Gasteiger partial charge in [0.2, 0.25) is 0 Å². The van der Waals surface area contributed by atoms with Gasteiger partial charge in [-0.25, -0.2) is 0 Å². The van der Waals surface area contributed by atoms with Crippen molar-refractivity contribution in [1.82, 2.24) is 0 Å². The van der Waals surface area contributed by atoms with E-state index in [0.717, 1.165) is 11.1 Å². The number of hydrogen-bond donors (Lipinski definition) is 2. The van der Waals surface area contributed by atoms with Crippen molar-refractivity contribution in [3.8, 4) is 0 Å². The quantitative estimate of drug-likeness (QED) is 0.726. The van der Waals surface area contributed by atoms with Gasteiger partial charge in [-0.2, -0.15) is 0 Å². The van der Waals surface area contributed by atoms with E-state index in [1.165, 1.54) is 0 Å². The number of anilines is 1. The van der Waals surface area contributed by atoms with Crippen molar-refractivity contribution in [3.63, 3.8) is 0 Å². The maximum absolute atomic E-state index is 10.0. The highest BCUT2D eigenvalue weighted by atomic mass is 16.3. The molecule has 0 spiro atoms. The van der Waals surface area contributed by atoms with E-state index in [-0.39, 0.29) is 0 Å². The first-order chi connectivity index (χ1) is 7.27.